The third-order valence-corrected chi connectivity index (χ3v) is 4.17. The molecular weight excluding hydrogens is 240 g/mol. The van der Waals surface area contributed by atoms with E-state index in [-0.39, 0.29) is 5.41 Å². The van der Waals surface area contributed by atoms with Crippen LogP contribution in [-0.2, 0) is 11.8 Å². The first-order valence-corrected chi connectivity index (χ1v) is 7.90. The van der Waals surface area contributed by atoms with Crippen molar-refractivity contribution in [3.63, 3.8) is 0 Å². The standard InChI is InChI=1S/C15H28N2S/c1-7-16-12(11(2)3)8-9-14-17-13(10-18-14)15(4,5)6/h10-12,16H,7-9H2,1-6H3. The van der Waals surface area contributed by atoms with E-state index >= 15 is 0 Å². The normalized spacial score (nSPS) is 14.2. The summed E-state index contributed by atoms with van der Waals surface area (Å²) in [6.45, 7) is 14.5. The fraction of sp³-hybridized carbons (Fsp3) is 0.800. The lowest BCUT2D eigenvalue weighted by atomic mass is 9.93. The van der Waals surface area contributed by atoms with E-state index in [1.54, 1.807) is 0 Å². The molecule has 0 aliphatic carbocycles. The maximum Gasteiger partial charge on any atom is 0.0929 e. The first-order chi connectivity index (χ1) is 8.34. The Kier molecular flexibility index (Phi) is 5.80. The monoisotopic (exact) mass is 268 g/mol. The molecule has 0 fully saturated rings. The molecule has 1 rings (SSSR count). The Morgan fingerprint density at radius 3 is 2.44 bits per heavy atom. The lowest BCUT2D eigenvalue weighted by Crippen LogP contribution is -2.34. The highest BCUT2D eigenvalue weighted by Gasteiger charge is 2.18. The number of thiazole rings is 1. The highest BCUT2D eigenvalue weighted by atomic mass is 32.1. The molecule has 1 unspecified atom stereocenters. The quantitative estimate of drug-likeness (QED) is 0.843. The number of nitrogens with zero attached hydrogens (tertiary/aromatic N) is 1. The SMILES string of the molecule is CCNC(CCc1nc(C(C)(C)C)cs1)C(C)C. The van der Waals surface area contributed by atoms with Gasteiger partial charge in [0.2, 0.25) is 0 Å². The molecule has 0 spiro atoms. The zero-order valence-electron chi connectivity index (χ0n) is 12.7. The molecule has 1 aromatic heterocycles. The van der Waals surface area contributed by atoms with Crippen LogP contribution in [0.5, 0.6) is 0 Å². The molecule has 0 saturated carbocycles. The lowest BCUT2D eigenvalue weighted by Gasteiger charge is -2.21. The second-order valence-electron chi connectivity index (χ2n) is 6.32. The van der Waals surface area contributed by atoms with Crippen LogP contribution in [0.2, 0.25) is 0 Å². The van der Waals surface area contributed by atoms with Crippen LogP contribution in [0.15, 0.2) is 5.38 Å². The summed E-state index contributed by atoms with van der Waals surface area (Å²) >= 11 is 1.81. The number of hydrogen-bond donors (Lipinski definition) is 1. The van der Waals surface area contributed by atoms with E-state index < -0.39 is 0 Å². The van der Waals surface area contributed by atoms with Crippen LogP contribution in [0, 0.1) is 5.92 Å². The van der Waals surface area contributed by atoms with Crippen molar-refractivity contribution in [3.05, 3.63) is 16.1 Å². The fourth-order valence-electron chi connectivity index (χ4n) is 1.98. The van der Waals surface area contributed by atoms with Crippen molar-refractivity contribution in [2.24, 2.45) is 5.92 Å². The fourth-order valence-corrected chi connectivity index (χ4v) is 3.02. The van der Waals surface area contributed by atoms with Gasteiger partial charge in [-0.15, -0.1) is 11.3 Å². The molecule has 0 radical (unpaired) electrons. The molecule has 0 saturated heterocycles. The van der Waals surface area contributed by atoms with Crippen LogP contribution in [0.4, 0.5) is 0 Å². The number of hydrogen-bond acceptors (Lipinski definition) is 3. The van der Waals surface area contributed by atoms with Gasteiger partial charge in [0.15, 0.2) is 0 Å². The van der Waals surface area contributed by atoms with Gasteiger partial charge >= 0.3 is 0 Å². The van der Waals surface area contributed by atoms with Crippen molar-refractivity contribution in [2.75, 3.05) is 6.54 Å². The minimum Gasteiger partial charge on any atom is -0.314 e. The van der Waals surface area contributed by atoms with E-state index in [4.69, 9.17) is 4.98 Å². The molecule has 0 aromatic carbocycles. The summed E-state index contributed by atoms with van der Waals surface area (Å²) in [5, 5.41) is 7.06. The summed E-state index contributed by atoms with van der Waals surface area (Å²) in [5.41, 5.74) is 1.40. The number of aryl methyl sites for hydroxylation is 1. The molecular formula is C15H28N2S. The molecule has 0 amide bonds. The average molecular weight is 268 g/mol. The van der Waals surface area contributed by atoms with Crippen LogP contribution in [0.25, 0.3) is 0 Å². The van der Waals surface area contributed by atoms with Gasteiger partial charge in [-0.1, -0.05) is 41.5 Å². The Bertz CT molecular complexity index is 350. The van der Waals surface area contributed by atoms with E-state index in [9.17, 15) is 0 Å². The minimum absolute atomic E-state index is 0.174. The van der Waals surface area contributed by atoms with Gasteiger partial charge in [0.1, 0.15) is 0 Å². The Balaban J connectivity index is 2.55. The van der Waals surface area contributed by atoms with Gasteiger partial charge in [-0.05, 0) is 18.9 Å². The van der Waals surface area contributed by atoms with Crippen LogP contribution in [0.3, 0.4) is 0 Å². The van der Waals surface area contributed by atoms with Crippen molar-refractivity contribution < 1.29 is 0 Å². The first kappa shape index (κ1) is 15.6. The highest BCUT2D eigenvalue weighted by molar-refractivity contribution is 7.09. The molecule has 104 valence electrons. The topological polar surface area (TPSA) is 24.9 Å². The maximum absolute atomic E-state index is 4.76. The van der Waals surface area contributed by atoms with Gasteiger partial charge in [-0.3, -0.25) is 0 Å². The largest absolute Gasteiger partial charge is 0.314 e. The van der Waals surface area contributed by atoms with Crippen LogP contribution in [0.1, 0.15) is 58.7 Å². The summed E-state index contributed by atoms with van der Waals surface area (Å²) in [5.74, 6) is 0.687. The van der Waals surface area contributed by atoms with Crippen molar-refractivity contribution in [2.45, 2.75) is 65.8 Å². The first-order valence-electron chi connectivity index (χ1n) is 7.02. The molecule has 1 atom stereocenters. The van der Waals surface area contributed by atoms with E-state index in [1.807, 2.05) is 11.3 Å². The van der Waals surface area contributed by atoms with E-state index in [1.165, 1.54) is 17.1 Å². The Morgan fingerprint density at radius 2 is 2.00 bits per heavy atom. The minimum atomic E-state index is 0.174. The maximum atomic E-state index is 4.76. The smallest absolute Gasteiger partial charge is 0.0929 e. The third-order valence-electron chi connectivity index (χ3n) is 3.26. The van der Waals surface area contributed by atoms with Gasteiger partial charge in [-0.2, -0.15) is 0 Å². The van der Waals surface area contributed by atoms with Crippen LogP contribution >= 0.6 is 11.3 Å². The molecule has 2 nitrogen and oxygen atoms in total. The predicted molar refractivity (Wildman–Crippen MR) is 81.4 cm³/mol. The predicted octanol–water partition coefficient (Wildman–Crippen LogP) is 4.01. The van der Waals surface area contributed by atoms with Gasteiger partial charge in [0, 0.05) is 23.3 Å². The number of nitrogens with one attached hydrogen (secondary N) is 1. The number of rotatable bonds is 6. The van der Waals surface area contributed by atoms with Crippen molar-refractivity contribution in [3.8, 4) is 0 Å². The third kappa shape index (κ3) is 4.69. The Hall–Kier alpha value is -0.410. The van der Waals surface area contributed by atoms with Crippen molar-refractivity contribution in [1.82, 2.24) is 10.3 Å². The summed E-state index contributed by atoms with van der Waals surface area (Å²) in [4.78, 5) is 4.76. The molecule has 1 heterocycles. The van der Waals surface area contributed by atoms with Gasteiger partial charge in [0.25, 0.3) is 0 Å². The van der Waals surface area contributed by atoms with Crippen LogP contribution < -0.4 is 5.32 Å². The summed E-state index contributed by atoms with van der Waals surface area (Å²) in [6.07, 6.45) is 2.28. The lowest BCUT2D eigenvalue weighted by molar-refractivity contribution is 0.385. The van der Waals surface area contributed by atoms with Gasteiger partial charge < -0.3 is 5.32 Å². The zero-order chi connectivity index (χ0) is 13.8. The summed E-state index contributed by atoms with van der Waals surface area (Å²) in [7, 11) is 0. The van der Waals surface area contributed by atoms with Gasteiger partial charge in [0.05, 0.1) is 10.7 Å². The molecule has 0 aliphatic rings. The van der Waals surface area contributed by atoms with E-state index in [0.29, 0.717) is 12.0 Å². The van der Waals surface area contributed by atoms with E-state index in [2.05, 4.69) is 52.2 Å². The molecule has 18 heavy (non-hydrogen) atoms. The molecule has 3 heteroatoms. The zero-order valence-corrected chi connectivity index (χ0v) is 13.5. The molecule has 1 aromatic rings. The number of aromatic nitrogens is 1. The average Bonchev–Trinajstić information content (AvgIpc) is 2.71. The highest BCUT2D eigenvalue weighted by Crippen LogP contribution is 2.24. The second kappa shape index (κ2) is 6.67. The molecule has 0 aliphatic heterocycles. The Morgan fingerprint density at radius 1 is 1.33 bits per heavy atom. The van der Waals surface area contributed by atoms with Crippen molar-refractivity contribution in [1.29, 1.82) is 0 Å². The van der Waals surface area contributed by atoms with Crippen LogP contribution in [-0.4, -0.2) is 17.6 Å². The summed E-state index contributed by atoms with van der Waals surface area (Å²) in [6, 6.07) is 0.608. The summed E-state index contributed by atoms with van der Waals surface area (Å²) < 4.78 is 0. The molecule has 1 N–H and O–H groups in total. The van der Waals surface area contributed by atoms with Gasteiger partial charge in [-0.25, -0.2) is 4.98 Å². The van der Waals surface area contributed by atoms with E-state index in [0.717, 1.165) is 13.0 Å². The Labute approximate surface area is 116 Å². The second-order valence-corrected chi connectivity index (χ2v) is 7.27. The molecule has 0 bridgehead atoms. The van der Waals surface area contributed by atoms with Crippen molar-refractivity contribution >= 4 is 11.3 Å².